The van der Waals surface area contributed by atoms with E-state index in [4.69, 9.17) is 0 Å². The van der Waals surface area contributed by atoms with Gasteiger partial charge in [-0.15, -0.1) is 0 Å². The van der Waals surface area contributed by atoms with Crippen molar-refractivity contribution in [1.82, 2.24) is 20.1 Å². The number of aromatic amines is 1. The lowest BCUT2D eigenvalue weighted by atomic mass is 10.1. The summed E-state index contributed by atoms with van der Waals surface area (Å²) in [5.41, 5.74) is 2.02. The minimum Gasteiger partial charge on any atom is -0.347 e. The van der Waals surface area contributed by atoms with Crippen molar-refractivity contribution in [2.45, 2.75) is 13.1 Å². The Balaban J connectivity index is 1.43. The highest BCUT2D eigenvalue weighted by Crippen LogP contribution is 2.10. The van der Waals surface area contributed by atoms with Crippen molar-refractivity contribution >= 4 is 16.7 Å². The molecule has 0 saturated heterocycles. The van der Waals surface area contributed by atoms with Crippen LogP contribution in [0.2, 0.25) is 0 Å². The topological polar surface area (TPSA) is 79.8 Å². The average molecular weight is 358 g/mol. The Bertz CT molecular complexity index is 1150. The van der Waals surface area contributed by atoms with Crippen LogP contribution in [0.25, 0.3) is 10.8 Å². The van der Waals surface area contributed by atoms with Crippen molar-refractivity contribution in [3.63, 3.8) is 0 Å². The predicted molar refractivity (Wildman–Crippen MR) is 104 cm³/mol. The van der Waals surface area contributed by atoms with Crippen molar-refractivity contribution in [2.24, 2.45) is 0 Å². The van der Waals surface area contributed by atoms with Crippen LogP contribution in [0.1, 0.15) is 21.6 Å². The average Bonchev–Trinajstić information content (AvgIpc) is 3.14. The number of hydrogen-bond donors (Lipinski definition) is 2. The minimum atomic E-state index is -0.325. The Morgan fingerprint density at radius 2 is 1.81 bits per heavy atom. The third-order valence-corrected chi connectivity index (χ3v) is 4.33. The van der Waals surface area contributed by atoms with Crippen molar-refractivity contribution in [1.29, 1.82) is 0 Å². The van der Waals surface area contributed by atoms with Crippen LogP contribution in [-0.4, -0.2) is 20.7 Å². The number of nitrogens with zero attached hydrogens (tertiary/aromatic N) is 2. The lowest BCUT2D eigenvalue weighted by molar-refractivity contribution is 0.0946. The van der Waals surface area contributed by atoms with Gasteiger partial charge in [-0.3, -0.25) is 14.3 Å². The molecule has 0 unspecified atom stereocenters. The van der Waals surface area contributed by atoms with E-state index >= 15 is 0 Å². The summed E-state index contributed by atoms with van der Waals surface area (Å²) in [6, 6.07) is 18.9. The fourth-order valence-corrected chi connectivity index (χ4v) is 2.97. The van der Waals surface area contributed by atoms with Gasteiger partial charge in [0.15, 0.2) is 0 Å². The maximum absolute atomic E-state index is 12.4. The van der Waals surface area contributed by atoms with Gasteiger partial charge in [-0.25, -0.2) is 0 Å². The Hall–Kier alpha value is -3.67. The molecule has 0 atom stereocenters. The van der Waals surface area contributed by atoms with E-state index in [-0.39, 0.29) is 17.2 Å². The number of amides is 1. The largest absolute Gasteiger partial charge is 0.347 e. The fourth-order valence-electron chi connectivity index (χ4n) is 2.97. The zero-order valence-electron chi connectivity index (χ0n) is 14.6. The van der Waals surface area contributed by atoms with Crippen LogP contribution in [0.5, 0.6) is 0 Å². The standard InChI is InChI=1S/C21H18N4O2/c26-20-18-9-5-4-8-17(18)10-19(24-20)21(27)22-11-16-12-23-25(14-16)13-15-6-2-1-3-7-15/h1-10,12,14H,11,13H2,(H,22,27)(H,24,26). The van der Waals surface area contributed by atoms with Crippen LogP contribution in [0, 0.1) is 0 Å². The summed E-state index contributed by atoms with van der Waals surface area (Å²) >= 11 is 0. The number of benzene rings is 2. The number of nitrogens with one attached hydrogen (secondary N) is 2. The Morgan fingerprint density at radius 1 is 1.04 bits per heavy atom. The number of carbonyl (C=O) groups excluding carboxylic acids is 1. The molecule has 2 N–H and O–H groups in total. The molecule has 0 aliphatic carbocycles. The van der Waals surface area contributed by atoms with E-state index in [0.29, 0.717) is 18.5 Å². The molecule has 4 aromatic rings. The molecular formula is C21H18N4O2. The second-order valence-corrected chi connectivity index (χ2v) is 6.31. The first kappa shape index (κ1) is 16.8. The van der Waals surface area contributed by atoms with Crippen molar-refractivity contribution in [3.8, 4) is 0 Å². The monoisotopic (exact) mass is 358 g/mol. The second kappa shape index (κ2) is 7.29. The predicted octanol–water partition coefficient (Wildman–Crippen LogP) is 2.70. The third kappa shape index (κ3) is 3.79. The number of H-pyrrole nitrogens is 1. The van der Waals surface area contributed by atoms with E-state index in [1.54, 1.807) is 24.4 Å². The van der Waals surface area contributed by atoms with Crippen LogP contribution in [-0.2, 0) is 13.1 Å². The molecule has 134 valence electrons. The van der Waals surface area contributed by atoms with Gasteiger partial charge in [-0.05, 0) is 23.1 Å². The highest BCUT2D eigenvalue weighted by molar-refractivity contribution is 5.96. The van der Waals surface area contributed by atoms with Gasteiger partial charge in [0.1, 0.15) is 5.69 Å². The molecule has 4 rings (SSSR count). The van der Waals surface area contributed by atoms with Crippen LogP contribution in [0.3, 0.4) is 0 Å². The molecule has 2 aromatic carbocycles. The summed E-state index contributed by atoms with van der Waals surface area (Å²) in [6.45, 7) is 1.01. The molecule has 6 nitrogen and oxygen atoms in total. The number of rotatable bonds is 5. The number of fused-ring (bicyclic) bond motifs is 1. The van der Waals surface area contributed by atoms with Crippen LogP contribution >= 0.6 is 0 Å². The Kier molecular flexibility index (Phi) is 4.53. The van der Waals surface area contributed by atoms with Crippen LogP contribution < -0.4 is 10.9 Å². The van der Waals surface area contributed by atoms with E-state index < -0.39 is 0 Å². The summed E-state index contributed by atoms with van der Waals surface area (Å²) in [5.74, 6) is -0.325. The van der Waals surface area contributed by atoms with Crippen molar-refractivity contribution in [2.75, 3.05) is 0 Å². The zero-order valence-corrected chi connectivity index (χ0v) is 14.6. The smallest absolute Gasteiger partial charge is 0.268 e. The van der Waals surface area contributed by atoms with E-state index in [1.165, 1.54) is 0 Å². The molecule has 0 radical (unpaired) electrons. The summed E-state index contributed by atoms with van der Waals surface area (Å²) in [6.07, 6.45) is 3.63. The van der Waals surface area contributed by atoms with Crippen molar-refractivity contribution in [3.05, 3.63) is 100 Å². The van der Waals surface area contributed by atoms with Crippen LogP contribution in [0.15, 0.2) is 77.9 Å². The molecular weight excluding hydrogens is 340 g/mol. The maximum Gasteiger partial charge on any atom is 0.268 e. The molecule has 6 heteroatoms. The third-order valence-electron chi connectivity index (χ3n) is 4.33. The summed E-state index contributed by atoms with van der Waals surface area (Å²) in [5, 5.41) is 8.45. The first-order chi connectivity index (χ1) is 13.2. The first-order valence-electron chi connectivity index (χ1n) is 8.64. The summed E-state index contributed by atoms with van der Waals surface area (Å²) in [7, 11) is 0. The van der Waals surface area contributed by atoms with Crippen molar-refractivity contribution < 1.29 is 4.79 Å². The fraction of sp³-hybridized carbons (Fsp3) is 0.0952. The van der Waals surface area contributed by atoms with E-state index in [1.807, 2.05) is 53.3 Å². The number of carbonyl (C=O) groups is 1. The van der Waals surface area contributed by atoms with Gasteiger partial charge in [0, 0.05) is 23.7 Å². The Labute approximate surface area is 155 Å². The van der Waals surface area contributed by atoms with Gasteiger partial charge < -0.3 is 10.3 Å². The minimum absolute atomic E-state index is 0.246. The van der Waals surface area contributed by atoms with E-state index in [0.717, 1.165) is 16.5 Å². The SMILES string of the molecule is O=C(NCc1cnn(Cc2ccccc2)c1)c1cc2ccccc2c(=O)[nH]1. The molecule has 0 aliphatic heterocycles. The molecule has 0 spiro atoms. The molecule has 2 aromatic heterocycles. The molecule has 0 aliphatic rings. The number of aromatic nitrogens is 3. The summed E-state index contributed by atoms with van der Waals surface area (Å²) < 4.78 is 1.83. The quantitative estimate of drug-likeness (QED) is 0.576. The van der Waals surface area contributed by atoms with E-state index in [9.17, 15) is 9.59 Å². The number of pyridine rings is 1. The van der Waals surface area contributed by atoms with Gasteiger partial charge in [0.05, 0.1) is 12.7 Å². The first-order valence-corrected chi connectivity index (χ1v) is 8.64. The molecule has 0 saturated carbocycles. The molecule has 1 amide bonds. The van der Waals surface area contributed by atoms with Gasteiger partial charge in [0.25, 0.3) is 11.5 Å². The Morgan fingerprint density at radius 3 is 2.67 bits per heavy atom. The lowest BCUT2D eigenvalue weighted by Crippen LogP contribution is -2.26. The maximum atomic E-state index is 12.4. The summed E-state index contributed by atoms with van der Waals surface area (Å²) in [4.78, 5) is 27.1. The second-order valence-electron chi connectivity index (χ2n) is 6.31. The van der Waals surface area contributed by atoms with Gasteiger partial charge in [-0.2, -0.15) is 5.10 Å². The van der Waals surface area contributed by atoms with E-state index in [2.05, 4.69) is 15.4 Å². The molecule has 2 heterocycles. The zero-order chi connectivity index (χ0) is 18.6. The van der Waals surface area contributed by atoms with Crippen LogP contribution in [0.4, 0.5) is 0 Å². The van der Waals surface area contributed by atoms with Gasteiger partial charge in [-0.1, -0.05) is 48.5 Å². The number of hydrogen-bond acceptors (Lipinski definition) is 3. The highest BCUT2D eigenvalue weighted by Gasteiger charge is 2.10. The van der Waals surface area contributed by atoms with Gasteiger partial charge in [0.2, 0.25) is 0 Å². The normalized spacial score (nSPS) is 10.8. The highest BCUT2D eigenvalue weighted by atomic mass is 16.2. The lowest BCUT2D eigenvalue weighted by Gasteiger charge is -2.05. The molecule has 0 bridgehead atoms. The van der Waals surface area contributed by atoms with Gasteiger partial charge >= 0.3 is 0 Å². The molecule has 0 fully saturated rings. The molecule has 27 heavy (non-hydrogen) atoms.